The van der Waals surface area contributed by atoms with E-state index in [-0.39, 0.29) is 16.9 Å². The second-order valence-electron chi connectivity index (χ2n) is 6.85. The molecule has 1 atom stereocenters. The van der Waals surface area contributed by atoms with Crippen LogP contribution in [0.4, 0.5) is 10.7 Å². The van der Waals surface area contributed by atoms with Crippen LogP contribution < -0.4 is 19.5 Å². The Kier molecular flexibility index (Phi) is 6.16. The van der Waals surface area contributed by atoms with Crippen molar-refractivity contribution >= 4 is 33.4 Å². The molecule has 162 valence electrons. The van der Waals surface area contributed by atoms with Crippen molar-refractivity contribution in [2.75, 3.05) is 12.4 Å². The van der Waals surface area contributed by atoms with Crippen molar-refractivity contribution in [1.82, 2.24) is 14.7 Å². The van der Waals surface area contributed by atoms with Crippen LogP contribution in [-0.2, 0) is 22.9 Å². The minimum absolute atomic E-state index is 0.151. The van der Waals surface area contributed by atoms with E-state index in [1.807, 2.05) is 0 Å². The Balaban J connectivity index is 1.39. The second-order valence-corrected chi connectivity index (χ2v) is 9.47. The maximum absolute atomic E-state index is 12.7. The molecule has 11 heteroatoms. The van der Waals surface area contributed by atoms with Crippen molar-refractivity contribution < 1.29 is 22.7 Å². The summed E-state index contributed by atoms with van der Waals surface area (Å²) < 4.78 is 38.3. The number of fused-ring (bicyclic) bond motifs is 1. The molecule has 2 heterocycles. The van der Waals surface area contributed by atoms with Crippen molar-refractivity contribution in [2.45, 2.75) is 30.2 Å². The SMILES string of the molecule is COc1ccc(S(=O)(=O)NC2CCc3nc(NC(=O)Oc4cccs4)ncc3C2)cc1. The smallest absolute Gasteiger partial charge is 0.420 e. The van der Waals surface area contributed by atoms with Crippen LogP contribution in [0.1, 0.15) is 17.7 Å². The Bertz CT molecular complexity index is 1160. The number of amides is 1. The van der Waals surface area contributed by atoms with E-state index in [2.05, 4.69) is 20.0 Å². The standard InChI is InChI=1S/C20H20N4O5S2/c1-28-15-5-7-16(8-6-15)31(26,27)24-14-4-9-17-13(11-14)12-21-19(22-17)23-20(25)29-18-3-2-10-30-18/h2-3,5-8,10,12,14,24H,4,9,11H2,1H3,(H,21,22,23,25). The Morgan fingerprint density at radius 2 is 2.03 bits per heavy atom. The van der Waals surface area contributed by atoms with Gasteiger partial charge in [0.25, 0.3) is 0 Å². The summed E-state index contributed by atoms with van der Waals surface area (Å²) >= 11 is 1.30. The number of hydrogen-bond donors (Lipinski definition) is 2. The van der Waals surface area contributed by atoms with E-state index >= 15 is 0 Å². The highest BCUT2D eigenvalue weighted by atomic mass is 32.2. The highest BCUT2D eigenvalue weighted by molar-refractivity contribution is 7.89. The molecule has 1 aromatic carbocycles. The summed E-state index contributed by atoms with van der Waals surface area (Å²) in [7, 11) is -2.13. The highest BCUT2D eigenvalue weighted by Crippen LogP contribution is 2.23. The largest absolute Gasteiger partial charge is 0.497 e. The average molecular weight is 461 g/mol. The maximum Gasteiger partial charge on any atom is 0.420 e. The fourth-order valence-electron chi connectivity index (χ4n) is 3.24. The first-order valence-electron chi connectivity index (χ1n) is 9.46. The molecular weight excluding hydrogens is 440 g/mol. The summed E-state index contributed by atoms with van der Waals surface area (Å²) in [6.07, 6.45) is 2.55. The van der Waals surface area contributed by atoms with Gasteiger partial charge in [-0.05, 0) is 66.6 Å². The fraction of sp³-hybridized carbons (Fsp3) is 0.250. The predicted octanol–water partition coefficient (Wildman–Crippen LogP) is 2.99. The number of ether oxygens (including phenoxy) is 2. The van der Waals surface area contributed by atoms with Crippen molar-refractivity contribution in [3.63, 3.8) is 0 Å². The summed E-state index contributed by atoms with van der Waals surface area (Å²) in [5.74, 6) is 0.740. The molecule has 0 radical (unpaired) electrons. The van der Waals surface area contributed by atoms with Gasteiger partial charge in [0.1, 0.15) is 5.75 Å². The van der Waals surface area contributed by atoms with Crippen LogP contribution in [0, 0.1) is 0 Å². The molecule has 31 heavy (non-hydrogen) atoms. The lowest BCUT2D eigenvalue weighted by Gasteiger charge is -2.24. The van der Waals surface area contributed by atoms with Crippen LogP contribution in [-0.4, -0.2) is 37.6 Å². The lowest BCUT2D eigenvalue weighted by atomic mass is 9.94. The first-order valence-corrected chi connectivity index (χ1v) is 11.8. The average Bonchev–Trinajstić information content (AvgIpc) is 3.26. The van der Waals surface area contributed by atoms with Gasteiger partial charge in [-0.3, -0.25) is 5.32 Å². The number of carbonyl (C=O) groups excluding carboxylic acids is 1. The van der Waals surface area contributed by atoms with E-state index in [0.717, 1.165) is 11.3 Å². The predicted molar refractivity (Wildman–Crippen MR) is 115 cm³/mol. The normalized spacial score (nSPS) is 15.7. The van der Waals surface area contributed by atoms with Gasteiger partial charge in [-0.2, -0.15) is 0 Å². The molecule has 0 spiro atoms. The number of thiophene rings is 1. The molecule has 0 fully saturated rings. The molecule has 3 aromatic rings. The lowest BCUT2D eigenvalue weighted by Crippen LogP contribution is -2.39. The van der Waals surface area contributed by atoms with Crippen LogP contribution in [0.5, 0.6) is 10.8 Å². The number of sulfonamides is 1. The molecule has 0 bridgehead atoms. The third kappa shape index (κ3) is 5.19. The van der Waals surface area contributed by atoms with Gasteiger partial charge in [0.2, 0.25) is 16.0 Å². The third-order valence-corrected chi connectivity index (χ3v) is 7.03. The topological polar surface area (TPSA) is 120 Å². The minimum Gasteiger partial charge on any atom is -0.497 e. The molecule has 0 saturated heterocycles. The molecule has 2 N–H and O–H groups in total. The zero-order valence-corrected chi connectivity index (χ0v) is 18.2. The Morgan fingerprint density at radius 3 is 2.74 bits per heavy atom. The second kappa shape index (κ2) is 9.00. The highest BCUT2D eigenvalue weighted by Gasteiger charge is 2.26. The zero-order chi connectivity index (χ0) is 21.8. The molecule has 0 saturated carbocycles. The summed E-state index contributed by atoms with van der Waals surface area (Å²) in [4.78, 5) is 20.7. The van der Waals surface area contributed by atoms with Gasteiger partial charge in [0, 0.05) is 17.9 Å². The van der Waals surface area contributed by atoms with Crippen molar-refractivity contribution in [1.29, 1.82) is 0 Å². The Morgan fingerprint density at radius 1 is 1.23 bits per heavy atom. The zero-order valence-electron chi connectivity index (χ0n) is 16.6. The number of aryl methyl sites for hydroxylation is 1. The number of aromatic nitrogens is 2. The Labute approximate surface area is 183 Å². The van der Waals surface area contributed by atoms with Gasteiger partial charge in [-0.15, -0.1) is 11.3 Å². The molecule has 4 rings (SSSR count). The van der Waals surface area contributed by atoms with Crippen LogP contribution >= 0.6 is 11.3 Å². The molecular formula is C20H20N4O5S2. The van der Waals surface area contributed by atoms with Gasteiger partial charge in [0.05, 0.1) is 12.0 Å². The monoisotopic (exact) mass is 460 g/mol. The van der Waals surface area contributed by atoms with Crippen molar-refractivity contribution in [3.8, 4) is 10.8 Å². The number of anilines is 1. The van der Waals surface area contributed by atoms with E-state index in [9.17, 15) is 13.2 Å². The van der Waals surface area contributed by atoms with Crippen LogP contribution in [0.2, 0.25) is 0 Å². The molecule has 2 aromatic heterocycles. The van der Waals surface area contributed by atoms with E-state index < -0.39 is 16.1 Å². The molecule has 1 aliphatic carbocycles. The number of carbonyl (C=O) groups is 1. The first-order chi connectivity index (χ1) is 14.9. The molecule has 0 aliphatic heterocycles. The van der Waals surface area contributed by atoms with Gasteiger partial charge >= 0.3 is 6.09 Å². The number of rotatable bonds is 6. The summed E-state index contributed by atoms with van der Waals surface area (Å²) in [5.41, 5.74) is 1.62. The number of hydrogen-bond acceptors (Lipinski definition) is 8. The van der Waals surface area contributed by atoms with E-state index in [1.165, 1.54) is 30.6 Å². The van der Waals surface area contributed by atoms with Gasteiger partial charge in [0.15, 0.2) is 5.06 Å². The van der Waals surface area contributed by atoms with Crippen LogP contribution in [0.25, 0.3) is 0 Å². The third-order valence-electron chi connectivity index (χ3n) is 4.74. The van der Waals surface area contributed by atoms with Crippen molar-refractivity contribution in [3.05, 3.63) is 59.2 Å². The van der Waals surface area contributed by atoms with Gasteiger partial charge < -0.3 is 9.47 Å². The molecule has 9 nitrogen and oxygen atoms in total. The number of methoxy groups -OCH3 is 1. The minimum atomic E-state index is -3.66. The van der Waals surface area contributed by atoms with E-state index in [4.69, 9.17) is 9.47 Å². The number of benzene rings is 1. The molecule has 1 aliphatic rings. The van der Waals surface area contributed by atoms with Gasteiger partial charge in [-0.1, -0.05) is 0 Å². The van der Waals surface area contributed by atoms with Crippen LogP contribution in [0.15, 0.2) is 52.9 Å². The first kappa shape index (κ1) is 21.2. The van der Waals surface area contributed by atoms with Crippen molar-refractivity contribution in [2.24, 2.45) is 0 Å². The fourth-order valence-corrected chi connectivity index (χ4v) is 5.08. The van der Waals surface area contributed by atoms with E-state index in [1.54, 1.807) is 35.8 Å². The molecule has 1 unspecified atom stereocenters. The molecule has 1 amide bonds. The number of nitrogens with one attached hydrogen (secondary N) is 2. The van der Waals surface area contributed by atoms with E-state index in [0.29, 0.717) is 30.1 Å². The lowest BCUT2D eigenvalue weighted by molar-refractivity contribution is 0.216. The maximum atomic E-state index is 12.7. The summed E-state index contributed by atoms with van der Waals surface area (Å²) in [6, 6.07) is 9.42. The van der Waals surface area contributed by atoms with Crippen LogP contribution in [0.3, 0.4) is 0 Å². The van der Waals surface area contributed by atoms with Gasteiger partial charge in [-0.25, -0.2) is 27.9 Å². The summed E-state index contributed by atoms with van der Waals surface area (Å²) in [5, 5.41) is 4.79. The Hall–Kier alpha value is -3.02. The summed E-state index contributed by atoms with van der Waals surface area (Å²) in [6.45, 7) is 0. The number of nitrogens with zero attached hydrogens (tertiary/aromatic N) is 2. The quantitative estimate of drug-likeness (QED) is 0.580.